The number of hydrogen-bond acceptors (Lipinski definition) is 5. The Kier molecular flexibility index (Phi) is 6.63. The molecule has 0 bridgehead atoms. The highest BCUT2D eigenvalue weighted by Crippen LogP contribution is 2.33. The van der Waals surface area contributed by atoms with Crippen LogP contribution in [0.4, 0.5) is 18.0 Å². The van der Waals surface area contributed by atoms with Crippen LogP contribution in [0.15, 0.2) is 24.3 Å². The number of carbonyl (C=O) groups excluding carboxylic acids is 2. The SMILES string of the molecule is CN1CC2CN(C(=O)c3cc4n(n3)CCCN(C(=O)OCc3cc(Cl)cc(C(F)(F)F)c3)C4)CC2C1. The van der Waals surface area contributed by atoms with E-state index in [2.05, 4.69) is 17.0 Å². The zero-order chi connectivity index (χ0) is 25.6. The molecule has 0 saturated carbocycles. The van der Waals surface area contributed by atoms with Gasteiger partial charge in [0, 0.05) is 44.3 Å². The second kappa shape index (κ2) is 9.59. The van der Waals surface area contributed by atoms with Crippen LogP contribution >= 0.6 is 11.6 Å². The predicted octanol–water partition coefficient (Wildman–Crippen LogP) is 3.73. The largest absolute Gasteiger partial charge is 0.445 e. The van der Waals surface area contributed by atoms with E-state index < -0.39 is 17.8 Å². The van der Waals surface area contributed by atoms with Crippen LogP contribution in [0.2, 0.25) is 5.02 Å². The number of hydrogen-bond donors (Lipinski definition) is 0. The molecule has 12 heteroatoms. The van der Waals surface area contributed by atoms with Gasteiger partial charge < -0.3 is 19.4 Å². The van der Waals surface area contributed by atoms with Crippen molar-refractivity contribution in [3.05, 3.63) is 51.8 Å². The lowest BCUT2D eigenvalue weighted by molar-refractivity contribution is -0.137. The molecule has 3 aliphatic heterocycles. The molecule has 2 amide bonds. The molecule has 2 aromatic rings. The van der Waals surface area contributed by atoms with Crippen LogP contribution in [0, 0.1) is 11.8 Å². The average molecular weight is 526 g/mol. The fourth-order valence-corrected chi connectivity index (χ4v) is 5.67. The van der Waals surface area contributed by atoms with E-state index in [0.717, 1.165) is 38.3 Å². The van der Waals surface area contributed by atoms with Gasteiger partial charge in [-0.25, -0.2) is 4.79 Å². The zero-order valence-electron chi connectivity index (χ0n) is 19.8. The Labute approximate surface area is 211 Å². The minimum atomic E-state index is -4.55. The zero-order valence-corrected chi connectivity index (χ0v) is 20.6. The number of ether oxygens (including phenoxy) is 1. The minimum absolute atomic E-state index is 0.0830. The Bertz CT molecular complexity index is 1160. The Morgan fingerprint density at radius 1 is 1.06 bits per heavy atom. The smallest absolute Gasteiger partial charge is 0.416 e. The van der Waals surface area contributed by atoms with Gasteiger partial charge in [-0.15, -0.1) is 0 Å². The molecule has 2 saturated heterocycles. The van der Waals surface area contributed by atoms with Crippen molar-refractivity contribution < 1.29 is 27.5 Å². The molecular formula is C24H27ClF3N5O3. The first-order valence-electron chi connectivity index (χ1n) is 11.9. The molecule has 4 heterocycles. The molecule has 194 valence electrons. The number of likely N-dealkylation sites (tertiary alicyclic amines) is 2. The topological polar surface area (TPSA) is 70.9 Å². The van der Waals surface area contributed by atoms with Gasteiger partial charge in [0.15, 0.2) is 5.69 Å². The molecule has 0 radical (unpaired) electrons. The van der Waals surface area contributed by atoms with Gasteiger partial charge in [-0.2, -0.15) is 18.3 Å². The van der Waals surface area contributed by atoms with Crippen molar-refractivity contribution in [2.45, 2.75) is 32.3 Å². The number of alkyl halides is 3. The van der Waals surface area contributed by atoms with Gasteiger partial charge in [0.25, 0.3) is 5.91 Å². The second-order valence-electron chi connectivity index (χ2n) is 9.87. The molecule has 1 aromatic heterocycles. The van der Waals surface area contributed by atoms with E-state index >= 15 is 0 Å². The van der Waals surface area contributed by atoms with Crippen molar-refractivity contribution in [1.29, 1.82) is 0 Å². The molecule has 2 unspecified atom stereocenters. The summed E-state index contributed by atoms with van der Waals surface area (Å²) in [7, 11) is 2.10. The van der Waals surface area contributed by atoms with Gasteiger partial charge in [0.1, 0.15) is 6.61 Å². The molecule has 1 aromatic carbocycles. The molecule has 0 spiro atoms. The number of fused-ring (bicyclic) bond motifs is 2. The van der Waals surface area contributed by atoms with Crippen molar-refractivity contribution in [2.75, 3.05) is 39.8 Å². The first-order chi connectivity index (χ1) is 17.1. The van der Waals surface area contributed by atoms with Gasteiger partial charge in [-0.05, 0) is 55.1 Å². The fourth-order valence-electron chi connectivity index (χ4n) is 5.41. The van der Waals surface area contributed by atoms with Crippen LogP contribution in [-0.4, -0.2) is 76.3 Å². The Hall–Kier alpha value is -2.79. The van der Waals surface area contributed by atoms with Crippen LogP contribution in [0.1, 0.15) is 33.7 Å². The number of nitrogens with zero attached hydrogens (tertiary/aromatic N) is 5. The third-order valence-corrected chi connectivity index (χ3v) is 7.31. The van der Waals surface area contributed by atoms with Gasteiger partial charge in [-0.1, -0.05) is 11.6 Å². The summed E-state index contributed by atoms with van der Waals surface area (Å²) < 4.78 is 46.2. The maximum Gasteiger partial charge on any atom is 0.416 e. The summed E-state index contributed by atoms with van der Waals surface area (Å²) in [4.78, 5) is 31.5. The summed E-state index contributed by atoms with van der Waals surface area (Å²) in [5.74, 6) is 0.899. The summed E-state index contributed by atoms with van der Waals surface area (Å²) in [6.07, 6.45) is -4.60. The number of aryl methyl sites for hydroxylation is 1. The van der Waals surface area contributed by atoms with E-state index in [9.17, 15) is 22.8 Å². The van der Waals surface area contributed by atoms with Crippen LogP contribution in [0.25, 0.3) is 0 Å². The number of aromatic nitrogens is 2. The van der Waals surface area contributed by atoms with Gasteiger partial charge in [0.05, 0.1) is 17.8 Å². The van der Waals surface area contributed by atoms with Crippen molar-refractivity contribution in [3.8, 4) is 0 Å². The van der Waals surface area contributed by atoms with E-state index in [-0.39, 0.29) is 29.6 Å². The van der Waals surface area contributed by atoms with Crippen LogP contribution in [-0.2, 0) is 30.6 Å². The first kappa shape index (κ1) is 24.9. The normalized spacial score (nSPS) is 22.4. The number of carbonyl (C=O) groups is 2. The standard InChI is InChI=1S/C24H27ClF3N5O3/c1-30-9-16-11-32(12-17(16)10-30)22(34)21-8-20-13-31(3-2-4-33(20)29-21)23(35)36-14-15-5-18(24(26,27)28)7-19(25)6-15/h5-8,16-17H,2-4,9-14H2,1H3. The fraction of sp³-hybridized carbons (Fsp3) is 0.542. The third kappa shape index (κ3) is 5.17. The monoisotopic (exact) mass is 525 g/mol. The minimum Gasteiger partial charge on any atom is -0.445 e. The van der Waals surface area contributed by atoms with Crippen molar-refractivity contribution in [2.24, 2.45) is 11.8 Å². The highest BCUT2D eigenvalue weighted by atomic mass is 35.5. The van der Waals surface area contributed by atoms with E-state index in [1.165, 1.54) is 11.0 Å². The molecule has 0 aliphatic carbocycles. The van der Waals surface area contributed by atoms with Crippen molar-refractivity contribution in [1.82, 2.24) is 24.5 Å². The van der Waals surface area contributed by atoms with Gasteiger partial charge in [0.2, 0.25) is 0 Å². The quantitative estimate of drug-likeness (QED) is 0.611. The van der Waals surface area contributed by atoms with Gasteiger partial charge >= 0.3 is 12.3 Å². The molecule has 2 fully saturated rings. The summed E-state index contributed by atoms with van der Waals surface area (Å²) >= 11 is 5.81. The summed E-state index contributed by atoms with van der Waals surface area (Å²) in [6.45, 7) is 4.26. The molecular weight excluding hydrogens is 499 g/mol. The van der Waals surface area contributed by atoms with Crippen molar-refractivity contribution in [3.63, 3.8) is 0 Å². The van der Waals surface area contributed by atoms with E-state index in [1.807, 2.05) is 4.90 Å². The third-order valence-electron chi connectivity index (χ3n) is 7.09. The van der Waals surface area contributed by atoms with E-state index in [4.69, 9.17) is 16.3 Å². The lowest BCUT2D eigenvalue weighted by Crippen LogP contribution is -2.32. The number of rotatable bonds is 3. The number of halogens is 4. The highest BCUT2D eigenvalue weighted by Gasteiger charge is 2.41. The van der Waals surface area contributed by atoms with Gasteiger partial charge in [-0.3, -0.25) is 9.48 Å². The lowest BCUT2D eigenvalue weighted by atomic mass is 10.0. The first-order valence-corrected chi connectivity index (χ1v) is 12.3. The second-order valence-corrected chi connectivity index (χ2v) is 10.3. The van der Waals surface area contributed by atoms with Crippen molar-refractivity contribution >= 4 is 23.6 Å². The Morgan fingerprint density at radius 3 is 2.47 bits per heavy atom. The molecule has 8 nitrogen and oxygen atoms in total. The summed E-state index contributed by atoms with van der Waals surface area (Å²) in [6, 6.07) is 4.80. The summed E-state index contributed by atoms with van der Waals surface area (Å²) in [5.41, 5.74) is 0.337. The van der Waals surface area contributed by atoms with E-state index in [0.29, 0.717) is 42.7 Å². The predicted molar refractivity (Wildman–Crippen MR) is 124 cm³/mol. The maximum atomic E-state index is 13.1. The Balaban J connectivity index is 1.22. The molecule has 5 rings (SSSR count). The lowest BCUT2D eigenvalue weighted by Gasteiger charge is -2.20. The number of amides is 2. The van der Waals surface area contributed by atoms with E-state index in [1.54, 1.807) is 10.7 Å². The number of benzene rings is 1. The molecule has 36 heavy (non-hydrogen) atoms. The average Bonchev–Trinajstić information content (AvgIpc) is 3.44. The highest BCUT2D eigenvalue weighted by molar-refractivity contribution is 6.30. The maximum absolute atomic E-state index is 13.1. The molecule has 2 atom stereocenters. The molecule has 0 N–H and O–H groups in total. The Morgan fingerprint density at radius 2 is 1.78 bits per heavy atom. The van der Waals surface area contributed by atoms with Crippen LogP contribution < -0.4 is 0 Å². The summed E-state index contributed by atoms with van der Waals surface area (Å²) in [5, 5.41) is 4.43. The van der Waals surface area contributed by atoms with Crippen LogP contribution in [0.3, 0.4) is 0 Å². The van der Waals surface area contributed by atoms with Crippen LogP contribution in [0.5, 0.6) is 0 Å². The molecule has 3 aliphatic rings.